The number of amides is 3. The molecule has 0 aliphatic heterocycles. The Hall–Kier alpha value is -2.43. The second-order valence-corrected chi connectivity index (χ2v) is 3.27. The van der Waals surface area contributed by atoms with Gasteiger partial charge in [-0.05, 0) is 12.1 Å². The number of imide groups is 1. The second-order valence-electron chi connectivity index (χ2n) is 3.27. The molecule has 0 fully saturated rings. The highest BCUT2D eigenvalue weighted by Gasteiger charge is 2.25. The minimum Gasteiger partial charge on any atom is -0.368 e. The number of nitrogens with two attached hydrogens (primary N) is 1. The molecule has 0 spiro atoms. The molecule has 1 unspecified atom stereocenters. The Balaban J connectivity index is 3.03. The molecular formula is C12H12N2O3. The van der Waals surface area contributed by atoms with Crippen LogP contribution in [-0.2, 0) is 9.59 Å². The zero-order valence-electron chi connectivity index (χ0n) is 9.08. The van der Waals surface area contributed by atoms with Gasteiger partial charge in [0.2, 0.25) is 12.3 Å². The first kappa shape index (κ1) is 12.6. The Kier molecular flexibility index (Phi) is 4.16. The topological polar surface area (TPSA) is 80.5 Å². The van der Waals surface area contributed by atoms with Crippen molar-refractivity contribution in [2.75, 3.05) is 0 Å². The normalized spacial score (nSPS) is 11.3. The quantitative estimate of drug-likeness (QED) is 0.586. The molecule has 88 valence electrons. The number of benzene rings is 1. The molecule has 1 aromatic rings. The summed E-state index contributed by atoms with van der Waals surface area (Å²) in [6.07, 6.45) is 1.42. The van der Waals surface area contributed by atoms with Crippen LogP contribution >= 0.6 is 0 Å². The summed E-state index contributed by atoms with van der Waals surface area (Å²) >= 11 is 0. The van der Waals surface area contributed by atoms with Crippen molar-refractivity contribution in [2.45, 2.75) is 6.04 Å². The second kappa shape index (κ2) is 5.60. The van der Waals surface area contributed by atoms with Crippen LogP contribution in [0.2, 0.25) is 0 Å². The first-order chi connectivity index (χ1) is 8.11. The largest absolute Gasteiger partial charge is 0.368 e. The summed E-state index contributed by atoms with van der Waals surface area (Å²) < 4.78 is 0. The fourth-order valence-electron chi connectivity index (χ4n) is 1.34. The predicted molar refractivity (Wildman–Crippen MR) is 61.9 cm³/mol. The fourth-order valence-corrected chi connectivity index (χ4v) is 1.34. The van der Waals surface area contributed by atoms with E-state index in [2.05, 4.69) is 6.58 Å². The number of carbonyl (C=O) groups excluding carboxylic acids is 3. The molecule has 0 saturated carbocycles. The van der Waals surface area contributed by atoms with Crippen molar-refractivity contribution in [3.8, 4) is 0 Å². The van der Waals surface area contributed by atoms with Crippen molar-refractivity contribution in [2.24, 2.45) is 5.73 Å². The van der Waals surface area contributed by atoms with E-state index in [4.69, 9.17) is 5.73 Å². The maximum atomic E-state index is 11.9. The van der Waals surface area contributed by atoms with E-state index in [0.29, 0.717) is 10.5 Å². The van der Waals surface area contributed by atoms with Gasteiger partial charge in [-0.1, -0.05) is 24.3 Å². The molecule has 1 atom stereocenters. The SMILES string of the molecule is C=CC(C(N)=O)N(C=O)C(=O)c1ccccc1. The summed E-state index contributed by atoms with van der Waals surface area (Å²) in [6, 6.07) is 6.99. The molecule has 0 aliphatic carbocycles. The van der Waals surface area contributed by atoms with Gasteiger partial charge >= 0.3 is 0 Å². The number of primary amides is 1. The van der Waals surface area contributed by atoms with Crippen LogP contribution in [0.5, 0.6) is 0 Å². The van der Waals surface area contributed by atoms with Gasteiger partial charge in [0.25, 0.3) is 5.91 Å². The van der Waals surface area contributed by atoms with Crippen molar-refractivity contribution >= 4 is 18.2 Å². The molecule has 0 aliphatic rings. The monoisotopic (exact) mass is 232 g/mol. The maximum absolute atomic E-state index is 11.9. The van der Waals surface area contributed by atoms with Gasteiger partial charge in [0.05, 0.1) is 0 Å². The van der Waals surface area contributed by atoms with E-state index in [1.54, 1.807) is 30.3 Å². The van der Waals surface area contributed by atoms with E-state index in [1.807, 2.05) is 0 Å². The van der Waals surface area contributed by atoms with E-state index in [0.717, 1.165) is 6.08 Å². The lowest BCUT2D eigenvalue weighted by Gasteiger charge is -2.20. The third kappa shape index (κ3) is 2.78. The third-order valence-corrected chi connectivity index (χ3v) is 2.18. The van der Waals surface area contributed by atoms with Crippen LogP contribution in [0, 0.1) is 0 Å². The summed E-state index contributed by atoms with van der Waals surface area (Å²) in [5.74, 6) is -1.40. The Bertz CT molecular complexity index is 442. The van der Waals surface area contributed by atoms with Crippen LogP contribution in [0.4, 0.5) is 0 Å². The summed E-state index contributed by atoms with van der Waals surface area (Å²) in [6.45, 7) is 3.37. The standard InChI is InChI=1S/C12H12N2O3/c1-2-10(11(13)16)14(8-15)12(17)9-6-4-3-5-7-9/h2-8,10H,1H2,(H2,13,16). The van der Waals surface area contributed by atoms with Gasteiger partial charge in [0, 0.05) is 5.56 Å². The van der Waals surface area contributed by atoms with E-state index < -0.39 is 17.9 Å². The van der Waals surface area contributed by atoms with Crippen molar-refractivity contribution in [1.82, 2.24) is 4.90 Å². The molecule has 5 nitrogen and oxygen atoms in total. The zero-order chi connectivity index (χ0) is 12.8. The first-order valence-corrected chi connectivity index (χ1v) is 4.86. The highest BCUT2D eigenvalue weighted by atomic mass is 16.2. The molecule has 0 aromatic heterocycles. The molecule has 0 radical (unpaired) electrons. The average molecular weight is 232 g/mol. The van der Waals surface area contributed by atoms with Gasteiger partial charge in [0.15, 0.2) is 0 Å². The lowest BCUT2D eigenvalue weighted by molar-refractivity contribution is -0.127. The van der Waals surface area contributed by atoms with E-state index in [1.165, 1.54) is 0 Å². The van der Waals surface area contributed by atoms with Gasteiger partial charge in [-0.25, -0.2) is 0 Å². The van der Waals surface area contributed by atoms with E-state index >= 15 is 0 Å². The molecule has 0 saturated heterocycles. The van der Waals surface area contributed by atoms with Crippen molar-refractivity contribution in [1.29, 1.82) is 0 Å². The average Bonchev–Trinajstić information content (AvgIpc) is 2.35. The lowest BCUT2D eigenvalue weighted by atomic mass is 10.1. The number of carbonyl (C=O) groups is 3. The molecular weight excluding hydrogens is 220 g/mol. The number of hydrogen-bond acceptors (Lipinski definition) is 3. The smallest absolute Gasteiger partial charge is 0.261 e. The highest BCUT2D eigenvalue weighted by molar-refractivity contribution is 6.03. The summed E-state index contributed by atoms with van der Waals surface area (Å²) in [7, 11) is 0. The van der Waals surface area contributed by atoms with Crippen LogP contribution in [0.3, 0.4) is 0 Å². The number of hydrogen-bond donors (Lipinski definition) is 1. The van der Waals surface area contributed by atoms with Gasteiger partial charge in [0.1, 0.15) is 6.04 Å². The van der Waals surface area contributed by atoms with Crippen LogP contribution in [0.15, 0.2) is 43.0 Å². The maximum Gasteiger partial charge on any atom is 0.261 e. The molecule has 17 heavy (non-hydrogen) atoms. The van der Waals surface area contributed by atoms with Gasteiger partial charge in [-0.3, -0.25) is 19.3 Å². The van der Waals surface area contributed by atoms with Gasteiger partial charge in [-0.15, -0.1) is 6.58 Å². The molecule has 2 N–H and O–H groups in total. The molecule has 0 heterocycles. The van der Waals surface area contributed by atoms with Gasteiger partial charge in [-0.2, -0.15) is 0 Å². The first-order valence-electron chi connectivity index (χ1n) is 4.86. The molecule has 5 heteroatoms. The van der Waals surface area contributed by atoms with E-state index in [-0.39, 0.29) is 6.41 Å². The van der Waals surface area contributed by atoms with Crippen molar-refractivity contribution in [3.63, 3.8) is 0 Å². The van der Waals surface area contributed by atoms with Crippen LogP contribution in [0.1, 0.15) is 10.4 Å². The highest BCUT2D eigenvalue weighted by Crippen LogP contribution is 2.07. The Morgan fingerprint density at radius 2 is 1.88 bits per heavy atom. The van der Waals surface area contributed by atoms with Crippen LogP contribution in [-0.4, -0.2) is 29.2 Å². The lowest BCUT2D eigenvalue weighted by Crippen LogP contribution is -2.45. The summed E-state index contributed by atoms with van der Waals surface area (Å²) in [5, 5.41) is 0. The zero-order valence-corrected chi connectivity index (χ0v) is 9.08. The minimum absolute atomic E-state index is 0.270. The van der Waals surface area contributed by atoms with Gasteiger partial charge < -0.3 is 5.73 Å². The predicted octanol–water partition coefficient (Wildman–Crippen LogP) is 0.325. The number of rotatable bonds is 5. The van der Waals surface area contributed by atoms with Crippen LogP contribution in [0.25, 0.3) is 0 Å². The minimum atomic E-state index is -1.14. The molecule has 1 rings (SSSR count). The Morgan fingerprint density at radius 1 is 1.29 bits per heavy atom. The summed E-state index contributed by atoms with van der Waals surface area (Å²) in [5.41, 5.74) is 5.38. The van der Waals surface area contributed by atoms with Crippen molar-refractivity contribution < 1.29 is 14.4 Å². The Morgan fingerprint density at radius 3 is 2.29 bits per heavy atom. The molecule has 3 amide bonds. The van der Waals surface area contributed by atoms with Crippen molar-refractivity contribution in [3.05, 3.63) is 48.6 Å². The number of nitrogens with zero attached hydrogens (tertiary/aromatic N) is 1. The Labute approximate surface area is 98.5 Å². The third-order valence-electron chi connectivity index (χ3n) is 2.18. The summed E-state index contributed by atoms with van der Waals surface area (Å²) in [4.78, 5) is 34.6. The van der Waals surface area contributed by atoms with E-state index in [9.17, 15) is 14.4 Å². The molecule has 1 aromatic carbocycles. The molecule has 0 bridgehead atoms. The fraction of sp³-hybridized carbons (Fsp3) is 0.0833. The van der Waals surface area contributed by atoms with Crippen LogP contribution < -0.4 is 5.73 Å².